The molecule has 114 valence electrons. The molecule has 3 N–H and O–H groups in total. The number of rotatable bonds is 9. The summed E-state index contributed by atoms with van der Waals surface area (Å²) in [6.07, 6.45) is 5.52. The third-order valence-electron chi connectivity index (χ3n) is 2.88. The highest BCUT2D eigenvalue weighted by Crippen LogP contribution is 2.05. The molecule has 0 saturated heterocycles. The molecule has 0 heterocycles. The maximum absolute atomic E-state index is 11.5. The second-order valence-corrected chi connectivity index (χ2v) is 4.65. The molecule has 0 aromatic heterocycles. The number of hydrogen-bond donors (Lipinski definition) is 3. The Balaban J connectivity index is 2.04. The van der Waals surface area contributed by atoms with Crippen molar-refractivity contribution in [3.63, 3.8) is 0 Å². The van der Waals surface area contributed by atoms with Gasteiger partial charge in [0.25, 0.3) is 0 Å². The van der Waals surface area contributed by atoms with Crippen LogP contribution in [-0.4, -0.2) is 23.2 Å². The number of carbonyl (C=O) groups excluding carboxylic acids is 2. The van der Waals surface area contributed by atoms with E-state index >= 15 is 0 Å². The zero-order valence-corrected chi connectivity index (χ0v) is 11.9. The van der Waals surface area contributed by atoms with Gasteiger partial charge in [0.2, 0.25) is 11.8 Å². The Morgan fingerprint density at radius 2 is 1.62 bits per heavy atom. The molecular weight excluding hydrogens is 270 g/mol. The van der Waals surface area contributed by atoms with Crippen molar-refractivity contribution >= 4 is 18.0 Å². The number of nitrogens with one attached hydrogen (secondary N) is 2. The topological polar surface area (TPSA) is 90.8 Å². The van der Waals surface area contributed by atoms with E-state index in [2.05, 4.69) is 10.5 Å². The Morgan fingerprint density at radius 3 is 2.24 bits per heavy atom. The lowest BCUT2D eigenvalue weighted by Crippen LogP contribution is -2.18. The van der Waals surface area contributed by atoms with Gasteiger partial charge in [0.1, 0.15) is 0 Å². The number of benzene rings is 1. The van der Waals surface area contributed by atoms with Crippen molar-refractivity contribution < 1.29 is 14.8 Å². The summed E-state index contributed by atoms with van der Waals surface area (Å²) in [4.78, 5) is 22.2. The van der Waals surface area contributed by atoms with E-state index in [1.165, 1.54) is 0 Å². The standard InChI is InChI=1S/C15H21N3O3/c19-14(10-6-1-2-7-11-15(20)18-21)17-16-12-13-8-4-3-5-9-13/h3-5,8-9,12,21H,1-2,6-7,10-11H2,(H,17,19)(H,18,20)/b16-12-. The van der Waals surface area contributed by atoms with E-state index < -0.39 is 0 Å². The van der Waals surface area contributed by atoms with Crippen LogP contribution in [0.3, 0.4) is 0 Å². The van der Waals surface area contributed by atoms with Crippen LogP contribution in [0, 0.1) is 0 Å². The van der Waals surface area contributed by atoms with E-state index in [1.54, 1.807) is 11.7 Å². The molecule has 0 radical (unpaired) electrons. The number of nitrogens with zero attached hydrogens (tertiary/aromatic N) is 1. The first-order valence-electron chi connectivity index (χ1n) is 7.02. The molecule has 21 heavy (non-hydrogen) atoms. The maximum atomic E-state index is 11.5. The fraction of sp³-hybridized carbons (Fsp3) is 0.400. The van der Waals surface area contributed by atoms with Crippen LogP contribution in [0.15, 0.2) is 35.4 Å². The molecular formula is C15H21N3O3. The predicted molar refractivity (Wildman–Crippen MR) is 79.8 cm³/mol. The number of unbranched alkanes of at least 4 members (excludes halogenated alkanes) is 3. The van der Waals surface area contributed by atoms with Gasteiger partial charge >= 0.3 is 0 Å². The predicted octanol–water partition coefficient (Wildman–Crippen LogP) is 1.98. The minimum absolute atomic E-state index is 0.115. The van der Waals surface area contributed by atoms with Crippen LogP contribution >= 0.6 is 0 Å². The van der Waals surface area contributed by atoms with Crippen LogP contribution < -0.4 is 10.9 Å². The van der Waals surface area contributed by atoms with Gasteiger partial charge in [-0.2, -0.15) is 5.10 Å². The zero-order valence-electron chi connectivity index (χ0n) is 11.9. The van der Waals surface area contributed by atoms with Crippen molar-refractivity contribution in [1.29, 1.82) is 0 Å². The molecule has 0 aliphatic heterocycles. The smallest absolute Gasteiger partial charge is 0.243 e. The van der Waals surface area contributed by atoms with Crippen LogP contribution in [0.5, 0.6) is 0 Å². The summed E-state index contributed by atoms with van der Waals surface area (Å²) in [7, 11) is 0. The SMILES string of the molecule is O=C(CCCCCCC(=O)N/N=C\c1ccccc1)NO. The molecule has 1 aromatic carbocycles. The van der Waals surface area contributed by atoms with Crippen molar-refractivity contribution in [3.8, 4) is 0 Å². The van der Waals surface area contributed by atoms with Crippen molar-refractivity contribution in [1.82, 2.24) is 10.9 Å². The largest absolute Gasteiger partial charge is 0.289 e. The lowest BCUT2D eigenvalue weighted by molar-refractivity contribution is -0.129. The van der Waals surface area contributed by atoms with E-state index in [9.17, 15) is 9.59 Å². The summed E-state index contributed by atoms with van der Waals surface area (Å²) >= 11 is 0. The van der Waals surface area contributed by atoms with E-state index in [1.807, 2.05) is 30.3 Å². The zero-order chi connectivity index (χ0) is 15.3. The summed E-state index contributed by atoms with van der Waals surface area (Å²) < 4.78 is 0. The monoisotopic (exact) mass is 291 g/mol. The molecule has 1 aromatic rings. The minimum Gasteiger partial charge on any atom is -0.289 e. The van der Waals surface area contributed by atoms with E-state index in [-0.39, 0.29) is 11.8 Å². The first-order valence-corrected chi connectivity index (χ1v) is 7.02. The van der Waals surface area contributed by atoms with Gasteiger partial charge in [-0.15, -0.1) is 0 Å². The Labute approximate surface area is 124 Å². The van der Waals surface area contributed by atoms with Crippen LogP contribution in [0.4, 0.5) is 0 Å². The Kier molecular flexibility index (Phi) is 8.47. The van der Waals surface area contributed by atoms with Crippen LogP contribution in [0.2, 0.25) is 0 Å². The van der Waals surface area contributed by atoms with Crippen LogP contribution in [0.1, 0.15) is 44.1 Å². The van der Waals surface area contributed by atoms with Gasteiger partial charge in [0.15, 0.2) is 0 Å². The summed E-state index contributed by atoms with van der Waals surface area (Å²) in [6, 6.07) is 9.52. The summed E-state index contributed by atoms with van der Waals surface area (Å²) in [5.41, 5.74) is 5.01. The highest BCUT2D eigenvalue weighted by molar-refractivity contribution is 5.82. The lowest BCUT2D eigenvalue weighted by Gasteiger charge is -2.01. The summed E-state index contributed by atoms with van der Waals surface area (Å²) in [5.74, 6) is -0.488. The highest BCUT2D eigenvalue weighted by atomic mass is 16.5. The first kappa shape index (κ1) is 16.8. The number of hydrazone groups is 1. The molecule has 0 aliphatic rings. The fourth-order valence-electron chi connectivity index (χ4n) is 1.75. The molecule has 0 atom stereocenters. The highest BCUT2D eigenvalue weighted by Gasteiger charge is 2.01. The Morgan fingerprint density at radius 1 is 1.00 bits per heavy atom. The van der Waals surface area contributed by atoms with Gasteiger partial charge < -0.3 is 0 Å². The van der Waals surface area contributed by atoms with Crippen molar-refractivity contribution in [2.45, 2.75) is 38.5 Å². The van der Waals surface area contributed by atoms with Crippen LogP contribution in [-0.2, 0) is 9.59 Å². The van der Waals surface area contributed by atoms with Gasteiger partial charge in [-0.3, -0.25) is 14.8 Å². The summed E-state index contributed by atoms with van der Waals surface area (Å²) in [5, 5.41) is 12.2. The molecule has 0 aliphatic carbocycles. The summed E-state index contributed by atoms with van der Waals surface area (Å²) in [6.45, 7) is 0. The molecule has 6 heteroatoms. The van der Waals surface area contributed by atoms with Crippen molar-refractivity contribution in [2.24, 2.45) is 5.10 Å². The first-order chi connectivity index (χ1) is 10.2. The second-order valence-electron chi connectivity index (χ2n) is 4.65. The van der Waals surface area contributed by atoms with Gasteiger partial charge in [0, 0.05) is 12.8 Å². The quantitative estimate of drug-likeness (QED) is 0.281. The average molecular weight is 291 g/mol. The van der Waals surface area contributed by atoms with Crippen molar-refractivity contribution in [3.05, 3.63) is 35.9 Å². The average Bonchev–Trinajstić information content (AvgIpc) is 2.51. The van der Waals surface area contributed by atoms with E-state index in [4.69, 9.17) is 5.21 Å². The van der Waals surface area contributed by atoms with Gasteiger partial charge in [-0.05, 0) is 18.4 Å². The molecule has 1 rings (SSSR count). The number of hydrogen-bond acceptors (Lipinski definition) is 4. The Bertz CT molecular complexity index is 460. The van der Waals surface area contributed by atoms with Gasteiger partial charge in [-0.1, -0.05) is 43.2 Å². The van der Waals surface area contributed by atoms with Gasteiger partial charge in [-0.25, -0.2) is 10.9 Å². The van der Waals surface area contributed by atoms with Crippen LogP contribution in [0.25, 0.3) is 0 Å². The fourth-order valence-corrected chi connectivity index (χ4v) is 1.75. The maximum Gasteiger partial charge on any atom is 0.243 e. The number of amides is 2. The lowest BCUT2D eigenvalue weighted by atomic mass is 10.1. The molecule has 2 amide bonds. The van der Waals surface area contributed by atoms with E-state index in [0.29, 0.717) is 19.3 Å². The molecule has 0 unspecified atom stereocenters. The number of hydroxylamine groups is 1. The molecule has 6 nitrogen and oxygen atoms in total. The molecule has 0 spiro atoms. The Hall–Kier alpha value is -2.21. The van der Waals surface area contributed by atoms with Gasteiger partial charge in [0.05, 0.1) is 6.21 Å². The number of carbonyl (C=O) groups is 2. The van der Waals surface area contributed by atoms with Crippen molar-refractivity contribution in [2.75, 3.05) is 0 Å². The third-order valence-corrected chi connectivity index (χ3v) is 2.88. The third kappa shape index (κ3) is 8.54. The minimum atomic E-state index is -0.372. The molecule has 0 saturated carbocycles. The molecule has 0 bridgehead atoms. The second kappa shape index (κ2) is 10.6. The normalized spacial score (nSPS) is 10.5. The van der Waals surface area contributed by atoms with E-state index in [0.717, 1.165) is 24.8 Å². The molecule has 0 fully saturated rings.